The number of rotatable bonds is 9. The summed E-state index contributed by atoms with van der Waals surface area (Å²) in [5.74, 6) is 0.330. The van der Waals surface area contributed by atoms with Crippen molar-refractivity contribution in [3.05, 3.63) is 58.6 Å². The molecule has 0 aliphatic heterocycles. The lowest BCUT2D eigenvalue weighted by molar-refractivity contribution is -0.384. The Balaban J connectivity index is 1.85. The fraction of sp³-hybridized carbons (Fsp3) is 0.235. The van der Waals surface area contributed by atoms with Crippen LogP contribution in [-0.4, -0.2) is 32.4 Å². The Labute approximate surface area is 156 Å². The largest absolute Gasteiger partial charge is 0.494 e. The first-order chi connectivity index (χ1) is 12.8. The Morgan fingerprint density at radius 1 is 1.11 bits per heavy atom. The molecule has 27 heavy (non-hydrogen) atoms. The molecule has 2 N–H and O–H groups in total. The minimum Gasteiger partial charge on any atom is -0.494 e. The summed E-state index contributed by atoms with van der Waals surface area (Å²) in [5.41, 5.74) is 0.366. The van der Waals surface area contributed by atoms with Crippen LogP contribution in [0, 0.1) is 10.1 Å². The fourth-order valence-corrected chi connectivity index (χ4v) is 3.19. The van der Waals surface area contributed by atoms with Gasteiger partial charge in [-0.15, -0.1) is 0 Å². The van der Waals surface area contributed by atoms with Crippen molar-refractivity contribution in [1.29, 1.82) is 0 Å². The van der Waals surface area contributed by atoms with Crippen LogP contribution in [0.15, 0.2) is 53.4 Å². The first kappa shape index (κ1) is 20.3. The molecule has 0 aliphatic carbocycles. The Bertz CT molecular complexity index is 895. The summed E-state index contributed by atoms with van der Waals surface area (Å²) in [6, 6.07) is 11.3. The van der Waals surface area contributed by atoms with E-state index in [0.29, 0.717) is 18.0 Å². The number of hydrogen-bond donors (Lipinski definition) is 2. The predicted molar refractivity (Wildman–Crippen MR) is 99.1 cm³/mol. The lowest BCUT2D eigenvalue weighted by Gasteiger charge is -2.08. The second-order valence-corrected chi connectivity index (χ2v) is 7.17. The number of sulfonamides is 1. The SMILES string of the molecule is CCOc1ccc(NC(=O)CCNS(=O)(=O)c2ccc([N+](=O)[O-])cc2)cc1. The van der Waals surface area contributed by atoms with E-state index in [2.05, 4.69) is 10.0 Å². The lowest BCUT2D eigenvalue weighted by atomic mass is 10.3. The molecule has 0 radical (unpaired) electrons. The van der Waals surface area contributed by atoms with Crippen LogP contribution in [0.25, 0.3) is 0 Å². The third-order valence-corrected chi connectivity index (χ3v) is 4.93. The maximum atomic E-state index is 12.1. The van der Waals surface area contributed by atoms with Gasteiger partial charge in [-0.05, 0) is 43.3 Å². The molecule has 1 amide bonds. The zero-order valence-electron chi connectivity index (χ0n) is 14.5. The van der Waals surface area contributed by atoms with Crippen molar-refractivity contribution in [2.45, 2.75) is 18.2 Å². The van der Waals surface area contributed by atoms with Gasteiger partial charge in [-0.3, -0.25) is 14.9 Å². The van der Waals surface area contributed by atoms with Gasteiger partial charge in [0.1, 0.15) is 5.75 Å². The molecule has 0 atom stereocenters. The van der Waals surface area contributed by atoms with Crippen molar-refractivity contribution in [2.24, 2.45) is 0 Å². The third-order valence-electron chi connectivity index (χ3n) is 3.45. The summed E-state index contributed by atoms with van der Waals surface area (Å²) in [6.07, 6.45) is -0.0700. The summed E-state index contributed by atoms with van der Waals surface area (Å²) in [4.78, 5) is 21.8. The van der Waals surface area contributed by atoms with E-state index >= 15 is 0 Å². The quantitative estimate of drug-likeness (QED) is 0.497. The second-order valence-electron chi connectivity index (χ2n) is 5.40. The smallest absolute Gasteiger partial charge is 0.269 e. The van der Waals surface area contributed by atoms with Gasteiger partial charge in [0.25, 0.3) is 5.69 Å². The minimum absolute atomic E-state index is 0.0700. The van der Waals surface area contributed by atoms with Crippen LogP contribution in [0.1, 0.15) is 13.3 Å². The molecule has 2 rings (SSSR count). The van der Waals surface area contributed by atoms with Crippen molar-refractivity contribution < 1.29 is 22.9 Å². The van der Waals surface area contributed by atoms with Crippen LogP contribution < -0.4 is 14.8 Å². The van der Waals surface area contributed by atoms with E-state index in [-0.39, 0.29) is 29.5 Å². The van der Waals surface area contributed by atoms with Crippen LogP contribution in [0.4, 0.5) is 11.4 Å². The van der Waals surface area contributed by atoms with Crippen LogP contribution in [0.2, 0.25) is 0 Å². The molecule has 0 saturated carbocycles. The van der Waals surface area contributed by atoms with Gasteiger partial charge in [0.15, 0.2) is 0 Å². The fourth-order valence-electron chi connectivity index (χ4n) is 2.15. The van der Waals surface area contributed by atoms with E-state index in [4.69, 9.17) is 4.74 Å². The predicted octanol–water partition coefficient (Wildman–Crippen LogP) is 2.30. The number of anilines is 1. The molecule has 0 aromatic heterocycles. The average Bonchev–Trinajstić information content (AvgIpc) is 2.63. The van der Waals surface area contributed by atoms with Crippen LogP contribution in [0.5, 0.6) is 5.75 Å². The number of amides is 1. The number of benzene rings is 2. The number of hydrogen-bond acceptors (Lipinski definition) is 6. The highest BCUT2D eigenvalue weighted by molar-refractivity contribution is 7.89. The highest BCUT2D eigenvalue weighted by Gasteiger charge is 2.16. The first-order valence-electron chi connectivity index (χ1n) is 8.08. The van der Waals surface area contributed by atoms with Gasteiger partial charge < -0.3 is 10.1 Å². The maximum absolute atomic E-state index is 12.1. The van der Waals surface area contributed by atoms with Gasteiger partial charge in [-0.1, -0.05) is 0 Å². The molecule has 2 aromatic rings. The highest BCUT2D eigenvalue weighted by atomic mass is 32.2. The zero-order chi connectivity index (χ0) is 19.9. The Morgan fingerprint density at radius 2 is 1.74 bits per heavy atom. The number of ether oxygens (including phenoxy) is 1. The molecule has 0 fully saturated rings. The third kappa shape index (κ3) is 6.04. The zero-order valence-corrected chi connectivity index (χ0v) is 15.4. The summed E-state index contributed by atoms with van der Waals surface area (Å²) < 4.78 is 31.8. The monoisotopic (exact) mass is 393 g/mol. The molecular weight excluding hydrogens is 374 g/mol. The molecule has 0 saturated heterocycles. The van der Waals surface area contributed by atoms with Crippen LogP contribution in [0.3, 0.4) is 0 Å². The van der Waals surface area contributed by atoms with Crippen molar-refractivity contribution in [2.75, 3.05) is 18.5 Å². The number of carbonyl (C=O) groups is 1. The number of nitrogens with one attached hydrogen (secondary N) is 2. The molecule has 0 unspecified atom stereocenters. The number of carbonyl (C=O) groups excluding carboxylic acids is 1. The van der Waals surface area contributed by atoms with Gasteiger partial charge in [-0.25, -0.2) is 13.1 Å². The summed E-state index contributed by atoms with van der Waals surface area (Å²) in [6.45, 7) is 2.30. The number of non-ortho nitro benzene ring substituents is 1. The number of nitro groups is 1. The van der Waals surface area contributed by atoms with Crippen molar-refractivity contribution in [3.8, 4) is 5.75 Å². The second kappa shape index (κ2) is 9.10. The molecule has 2 aromatic carbocycles. The lowest BCUT2D eigenvalue weighted by Crippen LogP contribution is -2.27. The summed E-state index contributed by atoms with van der Waals surface area (Å²) in [5, 5.41) is 13.3. The topological polar surface area (TPSA) is 128 Å². The Hall–Kier alpha value is -2.98. The standard InChI is InChI=1S/C17H19N3O6S/c1-2-26-15-7-3-13(4-8-15)19-17(21)11-12-18-27(24,25)16-9-5-14(6-10-16)20(22)23/h3-10,18H,2,11-12H2,1H3,(H,19,21). The van der Waals surface area contributed by atoms with Crippen LogP contribution >= 0.6 is 0 Å². The van der Waals surface area contributed by atoms with Crippen molar-refractivity contribution >= 4 is 27.3 Å². The van der Waals surface area contributed by atoms with Gasteiger partial charge in [0, 0.05) is 30.8 Å². The molecule has 0 bridgehead atoms. The van der Waals surface area contributed by atoms with Gasteiger partial charge in [0.05, 0.1) is 16.4 Å². The van der Waals surface area contributed by atoms with Gasteiger partial charge in [0.2, 0.25) is 15.9 Å². The average molecular weight is 393 g/mol. The van der Waals surface area contributed by atoms with E-state index < -0.39 is 14.9 Å². The molecule has 0 aliphatic rings. The molecule has 0 spiro atoms. The molecule has 144 valence electrons. The first-order valence-corrected chi connectivity index (χ1v) is 9.57. The van der Waals surface area contributed by atoms with Crippen molar-refractivity contribution in [3.63, 3.8) is 0 Å². The van der Waals surface area contributed by atoms with Gasteiger partial charge >= 0.3 is 0 Å². The van der Waals surface area contributed by atoms with E-state index in [0.717, 1.165) is 24.3 Å². The minimum atomic E-state index is -3.85. The van der Waals surface area contributed by atoms with E-state index in [1.54, 1.807) is 24.3 Å². The molecular formula is C17H19N3O6S. The van der Waals surface area contributed by atoms with E-state index in [9.17, 15) is 23.3 Å². The van der Waals surface area contributed by atoms with Gasteiger partial charge in [-0.2, -0.15) is 0 Å². The van der Waals surface area contributed by atoms with Crippen molar-refractivity contribution in [1.82, 2.24) is 4.72 Å². The van der Waals surface area contributed by atoms with Crippen LogP contribution in [-0.2, 0) is 14.8 Å². The maximum Gasteiger partial charge on any atom is 0.269 e. The normalized spacial score (nSPS) is 11.0. The molecule has 9 nitrogen and oxygen atoms in total. The van der Waals surface area contributed by atoms with E-state index in [1.807, 2.05) is 6.92 Å². The summed E-state index contributed by atoms with van der Waals surface area (Å²) in [7, 11) is -3.85. The number of nitro benzene ring substituents is 1. The highest BCUT2D eigenvalue weighted by Crippen LogP contribution is 2.17. The Morgan fingerprint density at radius 3 is 2.30 bits per heavy atom. The van der Waals surface area contributed by atoms with E-state index in [1.165, 1.54) is 0 Å². The molecule has 10 heteroatoms. The Kier molecular flexibility index (Phi) is 6.85. The summed E-state index contributed by atoms with van der Waals surface area (Å²) >= 11 is 0. The number of nitrogens with zero attached hydrogens (tertiary/aromatic N) is 1. The molecule has 0 heterocycles.